The predicted molar refractivity (Wildman–Crippen MR) is 89.4 cm³/mol. The third kappa shape index (κ3) is 2.67. The molecule has 2 N–H and O–H groups in total. The maximum absolute atomic E-state index is 12.5. The molecule has 0 unspecified atom stereocenters. The van der Waals surface area contributed by atoms with Gasteiger partial charge in [-0.15, -0.1) is 0 Å². The van der Waals surface area contributed by atoms with E-state index in [4.69, 9.17) is 9.47 Å². The van der Waals surface area contributed by atoms with Crippen LogP contribution in [-0.2, 0) is 0 Å². The Morgan fingerprint density at radius 3 is 2.79 bits per heavy atom. The number of para-hydroxylation sites is 2. The lowest BCUT2D eigenvalue weighted by atomic mass is 10.1. The largest absolute Gasteiger partial charge is 0.486 e. The Hall–Kier alpha value is -3.02. The second-order valence-electron chi connectivity index (χ2n) is 5.69. The van der Waals surface area contributed by atoms with Crippen LogP contribution >= 0.6 is 0 Å². The van der Waals surface area contributed by atoms with E-state index in [1.807, 2.05) is 31.2 Å². The summed E-state index contributed by atoms with van der Waals surface area (Å²) < 4.78 is 11.0. The zero-order valence-electron chi connectivity index (χ0n) is 13.2. The number of ether oxygens (including phenoxy) is 2. The van der Waals surface area contributed by atoms with E-state index in [0.29, 0.717) is 30.3 Å². The Morgan fingerprint density at radius 1 is 1.17 bits per heavy atom. The average molecular weight is 323 g/mol. The fourth-order valence-electron chi connectivity index (χ4n) is 2.71. The van der Waals surface area contributed by atoms with E-state index in [1.165, 1.54) is 0 Å². The Morgan fingerprint density at radius 2 is 1.96 bits per heavy atom. The highest BCUT2D eigenvalue weighted by Crippen LogP contribution is 2.30. The fourth-order valence-corrected chi connectivity index (χ4v) is 2.71. The molecule has 3 aromatic rings. The molecule has 2 aromatic carbocycles. The molecule has 1 atom stereocenters. The Bertz CT molecular complexity index is 870. The van der Waals surface area contributed by atoms with Crippen molar-refractivity contribution in [3.63, 3.8) is 0 Å². The lowest BCUT2D eigenvalue weighted by Gasteiger charge is -2.19. The van der Waals surface area contributed by atoms with Crippen molar-refractivity contribution in [1.29, 1.82) is 0 Å². The molecule has 1 aliphatic rings. The van der Waals surface area contributed by atoms with E-state index >= 15 is 0 Å². The molecule has 0 bridgehead atoms. The van der Waals surface area contributed by atoms with E-state index in [0.717, 1.165) is 16.9 Å². The normalized spacial score (nSPS) is 14.4. The summed E-state index contributed by atoms with van der Waals surface area (Å²) in [4.78, 5) is 20.2. The molecule has 0 radical (unpaired) electrons. The molecule has 1 amide bonds. The number of amides is 1. The van der Waals surface area contributed by atoms with Crippen LogP contribution in [0.4, 0.5) is 0 Å². The molecule has 1 aromatic heterocycles. The van der Waals surface area contributed by atoms with Crippen LogP contribution in [0.25, 0.3) is 11.0 Å². The third-order valence-electron chi connectivity index (χ3n) is 3.97. The summed E-state index contributed by atoms with van der Waals surface area (Å²) in [5, 5.41) is 2.95. The lowest BCUT2D eigenvalue weighted by Crippen LogP contribution is -2.27. The number of nitrogens with zero attached hydrogens (tertiary/aromatic N) is 1. The molecule has 6 nitrogen and oxygen atoms in total. The van der Waals surface area contributed by atoms with Crippen LogP contribution in [0, 0.1) is 0 Å². The molecule has 6 heteroatoms. The monoisotopic (exact) mass is 323 g/mol. The number of hydrogen-bond donors (Lipinski definition) is 2. The van der Waals surface area contributed by atoms with Crippen LogP contribution in [0.2, 0.25) is 0 Å². The van der Waals surface area contributed by atoms with Crippen molar-refractivity contribution in [2.75, 3.05) is 13.2 Å². The van der Waals surface area contributed by atoms with E-state index in [9.17, 15) is 4.79 Å². The van der Waals surface area contributed by atoms with Gasteiger partial charge < -0.3 is 19.8 Å². The molecule has 0 spiro atoms. The first kappa shape index (κ1) is 14.6. The molecule has 4 rings (SSSR count). The second kappa shape index (κ2) is 5.88. The molecular formula is C18H17N3O3. The van der Waals surface area contributed by atoms with Crippen molar-refractivity contribution < 1.29 is 14.3 Å². The van der Waals surface area contributed by atoms with E-state index in [1.54, 1.807) is 18.2 Å². The molecule has 0 saturated heterocycles. The molecule has 24 heavy (non-hydrogen) atoms. The van der Waals surface area contributed by atoms with Crippen molar-refractivity contribution in [3.8, 4) is 11.5 Å². The predicted octanol–water partition coefficient (Wildman–Crippen LogP) is 2.83. The second-order valence-corrected chi connectivity index (χ2v) is 5.69. The van der Waals surface area contributed by atoms with Gasteiger partial charge in [-0.1, -0.05) is 12.1 Å². The van der Waals surface area contributed by atoms with E-state index in [2.05, 4.69) is 15.3 Å². The zero-order chi connectivity index (χ0) is 16.5. The van der Waals surface area contributed by atoms with Crippen LogP contribution in [0.3, 0.4) is 0 Å². The third-order valence-corrected chi connectivity index (χ3v) is 3.97. The highest BCUT2D eigenvalue weighted by Gasteiger charge is 2.18. The Balaban J connectivity index is 1.52. The van der Waals surface area contributed by atoms with Gasteiger partial charge in [0.1, 0.15) is 19.0 Å². The summed E-state index contributed by atoms with van der Waals surface area (Å²) in [6.07, 6.45) is 0. The maximum atomic E-state index is 12.5. The lowest BCUT2D eigenvalue weighted by molar-refractivity contribution is 0.0937. The van der Waals surface area contributed by atoms with Gasteiger partial charge in [0, 0.05) is 5.56 Å². The van der Waals surface area contributed by atoms with E-state index in [-0.39, 0.29) is 11.9 Å². The maximum Gasteiger partial charge on any atom is 0.251 e. The molecule has 0 aliphatic carbocycles. The van der Waals surface area contributed by atoms with Gasteiger partial charge >= 0.3 is 0 Å². The number of aromatic amines is 1. The molecule has 0 saturated carbocycles. The van der Waals surface area contributed by atoms with Crippen LogP contribution in [-0.4, -0.2) is 29.1 Å². The fraction of sp³-hybridized carbons (Fsp3) is 0.222. The SMILES string of the molecule is C[C@@H](NC(=O)c1ccc2c(c1)OCCO2)c1nc2ccccc2[nH]1. The zero-order valence-corrected chi connectivity index (χ0v) is 13.2. The van der Waals surface area contributed by atoms with Crippen LogP contribution in [0.1, 0.15) is 29.1 Å². The first-order chi connectivity index (χ1) is 11.7. The van der Waals surface area contributed by atoms with Gasteiger partial charge in [-0.3, -0.25) is 4.79 Å². The minimum atomic E-state index is -0.238. The minimum Gasteiger partial charge on any atom is -0.486 e. The van der Waals surface area contributed by atoms with Gasteiger partial charge in [0.25, 0.3) is 5.91 Å². The number of H-pyrrole nitrogens is 1. The number of hydrogen-bond acceptors (Lipinski definition) is 4. The topological polar surface area (TPSA) is 76.2 Å². The molecule has 2 heterocycles. The van der Waals surface area contributed by atoms with Crippen LogP contribution < -0.4 is 14.8 Å². The highest BCUT2D eigenvalue weighted by molar-refractivity contribution is 5.95. The van der Waals surface area contributed by atoms with Crippen molar-refractivity contribution >= 4 is 16.9 Å². The van der Waals surface area contributed by atoms with Gasteiger partial charge in [-0.2, -0.15) is 0 Å². The molecule has 122 valence electrons. The Kier molecular flexibility index (Phi) is 3.57. The van der Waals surface area contributed by atoms with Gasteiger partial charge in [-0.25, -0.2) is 4.98 Å². The van der Waals surface area contributed by atoms with Crippen LogP contribution in [0.15, 0.2) is 42.5 Å². The summed E-state index contributed by atoms with van der Waals surface area (Å²) in [5.74, 6) is 1.82. The van der Waals surface area contributed by atoms with E-state index < -0.39 is 0 Å². The number of rotatable bonds is 3. The number of carbonyl (C=O) groups excluding carboxylic acids is 1. The summed E-state index contributed by atoms with van der Waals surface area (Å²) in [5.41, 5.74) is 2.36. The van der Waals surface area contributed by atoms with Gasteiger partial charge in [0.15, 0.2) is 11.5 Å². The average Bonchev–Trinajstić information content (AvgIpc) is 3.05. The Labute approximate surface area is 138 Å². The molecular weight excluding hydrogens is 306 g/mol. The first-order valence-corrected chi connectivity index (χ1v) is 7.86. The summed E-state index contributed by atoms with van der Waals surface area (Å²) in [6.45, 7) is 2.92. The van der Waals surface area contributed by atoms with Crippen LogP contribution in [0.5, 0.6) is 11.5 Å². The molecule has 0 fully saturated rings. The molecule has 1 aliphatic heterocycles. The number of carbonyl (C=O) groups is 1. The van der Waals surface area contributed by atoms with Gasteiger partial charge in [0.05, 0.1) is 17.1 Å². The number of nitrogens with one attached hydrogen (secondary N) is 2. The first-order valence-electron chi connectivity index (χ1n) is 7.86. The number of fused-ring (bicyclic) bond motifs is 2. The quantitative estimate of drug-likeness (QED) is 0.777. The number of aromatic nitrogens is 2. The number of imidazole rings is 1. The van der Waals surface area contributed by atoms with Crippen molar-refractivity contribution in [2.24, 2.45) is 0 Å². The van der Waals surface area contributed by atoms with Crippen molar-refractivity contribution in [2.45, 2.75) is 13.0 Å². The summed E-state index contributed by atoms with van der Waals surface area (Å²) >= 11 is 0. The standard InChI is InChI=1S/C18H17N3O3/c1-11(17-20-13-4-2-3-5-14(13)21-17)19-18(22)12-6-7-15-16(10-12)24-9-8-23-15/h2-7,10-11H,8-9H2,1H3,(H,19,22)(H,20,21)/t11-/m1/s1. The van der Waals surface area contributed by atoms with Gasteiger partial charge in [-0.05, 0) is 37.3 Å². The highest BCUT2D eigenvalue weighted by atomic mass is 16.6. The smallest absolute Gasteiger partial charge is 0.251 e. The summed E-state index contributed by atoms with van der Waals surface area (Å²) in [7, 11) is 0. The number of benzene rings is 2. The van der Waals surface area contributed by atoms with Crippen molar-refractivity contribution in [1.82, 2.24) is 15.3 Å². The van der Waals surface area contributed by atoms with Gasteiger partial charge in [0.2, 0.25) is 0 Å². The minimum absolute atomic E-state index is 0.181. The van der Waals surface area contributed by atoms with Crippen molar-refractivity contribution in [3.05, 3.63) is 53.9 Å². The summed E-state index contributed by atoms with van der Waals surface area (Å²) in [6, 6.07) is 12.7.